The summed E-state index contributed by atoms with van der Waals surface area (Å²) in [4.78, 5) is 18.0. The quantitative estimate of drug-likeness (QED) is 0.635. The standard InChI is InChI=1S/C9H10N4O2S/c1-5-3-8(14)11-9(10-5)16-4-7-6(2)12-15-13-7/h3H,4H2,1-2H3,(H,10,11,14). The fraction of sp³-hybridized carbons (Fsp3) is 0.333. The number of aromatic amines is 1. The zero-order valence-electron chi connectivity index (χ0n) is 8.85. The molecule has 0 spiro atoms. The number of aromatic nitrogens is 4. The highest BCUT2D eigenvalue weighted by Gasteiger charge is 2.07. The molecule has 2 heterocycles. The summed E-state index contributed by atoms with van der Waals surface area (Å²) in [5, 5.41) is 8.00. The van der Waals surface area contributed by atoms with Crippen LogP contribution < -0.4 is 5.56 Å². The highest BCUT2D eigenvalue weighted by atomic mass is 32.2. The van der Waals surface area contributed by atoms with E-state index in [9.17, 15) is 4.79 Å². The molecule has 0 aliphatic rings. The Balaban J connectivity index is 2.10. The van der Waals surface area contributed by atoms with Gasteiger partial charge < -0.3 is 4.98 Å². The Morgan fingerprint density at radius 1 is 1.44 bits per heavy atom. The molecule has 16 heavy (non-hydrogen) atoms. The topological polar surface area (TPSA) is 84.7 Å². The lowest BCUT2D eigenvalue weighted by Gasteiger charge is -1.99. The van der Waals surface area contributed by atoms with E-state index in [1.807, 2.05) is 6.92 Å². The van der Waals surface area contributed by atoms with Gasteiger partial charge in [-0.25, -0.2) is 9.61 Å². The first-order chi connectivity index (χ1) is 7.65. The third-order valence-electron chi connectivity index (χ3n) is 1.94. The molecule has 0 aromatic carbocycles. The Morgan fingerprint density at radius 2 is 2.25 bits per heavy atom. The Bertz CT molecular complexity index is 548. The number of thioether (sulfide) groups is 1. The van der Waals surface area contributed by atoms with Crippen LogP contribution in [0.25, 0.3) is 0 Å². The maximum Gasteiger partial charge on any atom is 0.251 e. The van der Waals surface area contributed by atoms with Gasteiger partial charge in [0.05, 0.1) is 0 Å². The minimum atomic E-state index is -0.148. The average Bonchev–Trinajstić information content (AvgIpc) is 2.59. The second-order valence-electron chi connectivity index (χ2n) is 3.28. The maximum absolute atomic E-state index is 11.2. The number of aryl methyl sites for hydroxylation is 2. The van der Waals surface area contributed by atoms with Crippen LogP contribution in [0.5, 0.6) is 0 Å². The summed E-state index contributed by atoms with van der Waals surface area (Å²) in [5.74, 6) is 0.571. The van der Waals surface area contributed by atoms with Crippen molar-refractivity contribution in [3.8, 4) is 0 Å². The molecule has 0 saturated heterocycles. The predicted octanol–water partition coefficient (Wildman–Crippen LogP) is 1.06. The number of hydrogen-bond donors (Lipinski definition) is 1. The molecule has 84 valence electrons. The summed E-state index contributed by atoms with van der Waals surface area (Å²) in [6, 6.07) is 1.45. The van der Waals surface area contributed by atoms with Gasteiger partial charge in [-0.1, -0.05) is 22.1 Å². The van der Waals surface area contributed by atoms with Gasteiger partial charge in [-0.2, -0.15) is 0 Å². The molecule has 0 saturated carbocycles. The molecule has 2 aromatic heterocycles. The van der Waals surface area contributed by atoms with E-state index < -0.39 is 0 Å². The van der Waals surface area contributed by atoms with Crippen LogP contribution in [0.4, 0.5) is 0 Å². The molecule has 6 nitrogen and oxygen atoms in total. The molecule has 0 unspecified atom stereocenters. The number of hydrogen-bond acceptors (Lipinski definition) is 6. The number of rotatable bonds is 3. The smallest absolute Gasteiger partial charge is 0.251 e. The Labute approximate surface area is 95.4 Å². The van der Waals surface area contributed by atoms with Crippen molar-refractivity contribution >= 4 is 11.8 Å². The van der Waals surface area contributed by atoms with Gasteiger partial charge >= 0.3 is 0 Å². The molecule has 0 amide bonds. The van der Waals surface area contributed by atoms with Gasteiger partial charge in [0, 0.05) is 17.5 Å². The van der Waals surface area contributed by atoms with Crippen molar-refractivity contribution in [2.24, 2.45) is 0 Å². The number of nitrogens with zero attached hydrogens (tertiary/aromatic N) is 3. The third kappa shape index (κ3) is 2.48. The van der Waals surface area contributed by atoms with E-state index >= 15 is 0 Å². The molecule has 0 fully saturated rings. The second-order valence-corrected chi connectivity index (χ2v) is 4.24. The summed E-state index contributed by atoms with van der Waals surface area (Å²) in [6.07, 6.45) is 0. The molecule has 0 aliphatic heterocycles. The fourth-order valence-electron chi connectivity index (χ4n) is 1.14. The Hall–Kier alpha value is -1.63. The number of H-pyrrole nitrogens is 1. The van der Waals surface area contributed by atoms with E-state index in [4.69, 9.17) is 0 Å². The van der Waals surface area contributed by atoms with Gasteiger partial charge in [0.15, 0.2) is 5.16 Å². The van der Waals surface area contributed by atoms with Gasteiger partial charge in [-0.3, -0.25) is 4.79 Å². The van der Waals surface area contributed by atoms with Gasteiger partial charge in [-0.15, -0.1) is 0 Å². The molecule has 7 heteroatoms. The van der Waals surface area contributed by atoms with Crippen molar-refractivity contribution in [1.29, 1.82) is 0 Å². The molecule has 1 N–H and O–H groups in total. The third-order valence-corrected chi connectivity index (χ3v) is 2.82. The van der Waals surface area contributed by atoms with Gasteiger partial charge in [0.2, 0.25) is 0 Å². The van der Waals surface area contributed by atoms with Crippen LogP contribution in [0.1, 0.15) is 17.1 Å². The zero-order chi connectivity index (χ0) is 11.5. The van der Waals surface area contributed by atoms with Crippen LogP contribution in [-0.4, -0.2) is 20.3 Å². The van der Waals surface area contributed by atoms with Crippen molar-refractivity contribution in [2.75, 3.05) is 0 Å². The molecule has 0 radical (unpaired) electrons. The summed E-state index contributed by atoms with van der Waals surface area (Å²) in [6.45, 7) is 3.60. The van der Waals surface area contributed by atoms with Crippen molar-refractivity contribution in [2.45, 2.75) is 24.8 Å². The number of nitrogens with one attached hydrogen (secondary N) is 1. The van der Waals surface area contributed by atoms with Crippen LogP contribution in [0, 0.1) is 13.8 Å². The minimum absolute atomic E-state index is 0.148. The summed E-state index contributed by atoms with van der Waals surface area (Å²) in [7, 11) is 0. The largest absolute Gasteiger partial charge is 0.301 e. The Morgan fingerprint density at radius 3 is 2.88 bits per heavy atom. The van der Waals surface area contributed by atoms with Crippen LogP contribution in [0.15, 0.2) is 20.6 Å². The summed E-state index contributed by atoms with van der Waals surface area (Å²) in [5.41, 5.74) is 2.06. The second kappa shape index (κ2) is 4.48. The molecule has 0 aliphatic carbocycles. The van der Waals surface area contributed by atoms with Crippen molar-refractivity contribution < 1.29 is 4.63 Å². The predicted molar refractivity (Wildman–Crippen MR) is 58.2 cm³/mol. The van der Waals surface area contributed by atoms with Gasteiger partial charge in [-0.05, 0) is 13.8 Å². The van der Waals surface area contributed by atoms with Crippen molar-refractivity contribution in [3.63, 3.8) is 0 Å². The highest BCUT2D eigenvalue weighted by Crippen LogP contribution is 2.18. The van der Waals surface area contributed by atoms with Gasteiger partial charge in [0.25, 0.3) is 5.56 Å². The van der Waals surface area contributed by atoms with Crippen LogP contribution in [0.2, 0.25) is 0 Å². The molecular weight excluding hydrogens is 228 g/mol. The summed E-state index contributed by atoms with van der Waals surface area (Å²) >= 11 is 1.39. The van der Waals surface area contributed by atoms with E-state index in [-0.39, 0.29) is 5.56 Å². The van der Waals surface area contributed by atoms with E-state index in [1.165, 1.54) is 17.8 Å². The van der Waals surface area contributed by atoms with E-state index in [1.54, 1.807) is 6.92 Å². The summed E-state index contributed by atoms with van der Waals surface area (Å²) < 4.78 is 4.58. The van der Waals surface area contributed by atoms with E-state index in [2.05, 4.69) is 24.9 Å². The minimum Gasteiger partial charge on any atom is -0.301 e. The zero-order valence-corrected chi connectivity index (χ0v) is 9.67. The fourth-order valence-corrected chi connectivity index (χ4v) is 2.05. The molecule has 2 aromatic rings. The molecule has 0 atom stereocenters. The van der Waals surface area contributed by atoms with Crippen molar-refractivity contribution in [1.82, 2.24) is 20.3 Å². The van der Waals surface area contributed by atoms with E-state index in [0.29, 0.717) is 16.6 Å². The average molecular weight is 238 g/mol. The lowest BCUT2D eigenvalue weighted by atomic mass is 10.4. The van der Waals surface area contributed by atoms with Crippen LogP contribution >= 0.6 is 11.8 Å². The lowest BCUT2D eigenvalue weighted by molar-refractivity contribution is 0.302. The normalized spacial score (nSPS) is 10.6. The van der Waals surface area contributed by atoms with Crippen molar-refractivity contribution in [3.05, 3.63) is 33.5 Å². The molecule has 2 rings (SSSR count). The first-order valence-electron chi connectivity index (χ1n) is 4.64. The van der Waals surface area contributed by atoms with Gasteiger partial charge in [0.1, 0.15) is 11.4 Å². The van der Waals surface area contributed by atoms with E-state index in [0.717, 1.165) is 11.4 Å². The highest BCUT2D eigenvalue weighted by molar-refractivity contribution is 7.98. The van der Waals surface area contributed by atoms with Crippen LogP contribution in [0.3, 0.4) is 0 Å². The SMILES string of the molecule is Cc1cc(=O)[nH]c(SCc2nonc2C)n1. The molecule has 0 bridgehead atoms. The van der Waals surface area contributed by atoms with Crippen LogP contribution in [-0.2, 0) is 5.75 Å². The molecular formula is C9H10N4O2S. The monoisotopic (exact) mass is 238 g/mol. The first-order valence-corrected chi connectivity index (χ1v) is 5.62. The first kappa shape index (κ1) is 10.9. The maximum atomic E-state index is 11.2. The Kier molecular flexibility index (Phi) is 3.04. The lowest BCUT2D eigenvalue weighted by Crippen LogP contribution is -2.08.